The minimum Gasteiger partial charge on any atom is -0.334 e. The smallest absolute Gasteiger partial charge is 0.225 e. The zero-order valence-corrected chi connectivity index (χ0v) is 14.7. The Hall–Kier alpha value is -1.35. The van der Waals surface area contributed by atoms with E-state index < -0.39 is 0 Å². The minimum atomic E-state index is 0.0844. The molecule has 1 saturated heterocycles. The number of benzene rings is 1. The van der Waals surface area contributed by atoms with Crippen LogP contribution in [0.1, 0.15) is 69.8 Å². The van der Waals surface area contributed by atoms with Crippen LogP contribution in [-0.2, 0) is 11.3 Å². The Morgan fingerprint density at radius 1 is 1.00 bits per heavy atom. The fraction of sp³-hybridized carbons (Fsp3) is 0.667. The summed E-state index contributed by atoms with van der Waals surface area (Å²) < 4.78 is 0. The lowest BCUT2D eigenvalue weighted by molar-refractivity contribution is -0.135. The lowest BCUT2D eigenvalue weighted by Gasteiger charge is -2.42. The van der Waals surface area contributed by atoms with Crippen molar-refractivity contribution in [3.05, 3.63) is 35.9 Å². The van der Waals surface area contributed by atoms with Gasteiger partial charge in [-0.2, -0.15) is 0 Å². The molecular formula is C21H30N2O. The topological polar surface area (TPSA) is 32.3 Å². The van der Waals surface area contributed by atoms with Gasteiger partial charge in [0.05, 0.1) is 0 Å². The van der Waals surface area contributed by atoms with Gasteiger partial charge in [0.1, 0.15) is 0 Å². The number of rotatable bonds is 2. The first-order chi connectivity index (χ1) is 11.8. The van der Waals surface area contributed by atoms with Crippen LogP contribution in [0.4, 0.5) is 0 Å². The molecule has 3 aliphatic rings. The molecule has 2 aliphatic carbocycles. The van der Waals surface area contributed by atoms with E-state index in [1.54, 1.807) is 0 Å². The van der Waals surface area contributed by atoms with Crippen molar-refractivity contribution in [3.8, 4) is 0 Å². The van der Waals surface area contributed by atoms with E-state index in [9.17, 15) is 4.79 Å². The number of fused-ring (bicyclic) bond motifs is 1. The van der Waals surface area contributed by atoms with E-state index in [1.165, 1.54) is 56.9 Å². The highest BCUT2D eigenvalue weighted by atomic mass is 16.2. The number of nitrogens with zero attached hydrogens (tertiary/aromatic N) is 1. The molecule has 130 valence electrons. The highest BCUT2D eigenvalue weighted by Crippen LogP contribution is 2.38. The van der Waals surface area contributed by atoms with E-state index in [0.29, 0.717) is 24.4 Å². The molecule has 1 amide bonds. The molecule has 0 aromatic heterocycles. The maximum absolute atomic E-state index is 13.2. The predicted molar refractivity (Wildman–Crippen MR) is 96.6 cm³/mol. The van der Waals surface area contributed by atoms with Crippen LogP contribution in [0.3, 0.4) is 0 Å². The van der Waals surface area contributed by atoms with Gasteiger partial charge in [0.2, 0.25) is 5.91 Å². The highest BCUT2D eigenvalue weighted by Gasteiger charge is 2.45. The van der Waals surface area contributed by atoms with Crippen molar-refractivity contribution in [2.75, 3.05) is 0 Å². The number of hydrogen-bond donors (Lipinski definition) is 1. The molecule has 0 unspecified atom stereocenters. The molecule has 0 bridgehead atoms. The Labute approximate surface area is 145 Å². The van der Waals surface area contributed by atoms with E-state index in [1.807, 2.05) is 0 Å². The summed E-state index contributed by atoms with van der Waals surface area (Å²) >= 11 is 0. The van der Waals surface area contributed by atoms with Crippen LogP contribution in [0.5, 0.6) is 0 Å². The largest absolute Gasteiger partial charge is 0.334 e. The average molecular weight is 326 g/mol. The van der Waals surface area contributed by atoms with Crippen molar-refractivity contribution in [1.29, 1.82) is 0 Å². The zero-order valence-electron chi connectivity index (χ0n) is 14.7. The van der Waals surface area contributed by atoms with Gasteiger partial charge < -0.3 is 10.2 Å². The van der Waals surface area contributed by atoms with Gasteiger partial charge in [0.25, 0.3) is 0 Å². The molecule has 1 aromatic rings. The van der Waals surface area contributed by atoms with E-state index in [4.69, 9.17) is 0 Å². The fourth-order valence-corrected chi connectivity index (χ4v) is 5.21. The lowest BCUT2D eigenvalue weighted by atomic mass is 9.78. The van der Waals surface area contributed by atoms with Gasteiger partial charge in [-0.3, -0.25) is 4.79 Å². The molecule has 3 nitrogen and oxygen atoms in total. The van der Waals surface area contributed by atoms with E-state index in [-0.39, 0.29) is 5.54 Å². The first kappa shape index (κ1) is 16.1. The van der Waals surface area contributed by atoms with E-state index in [0.717, 1.165) is 13.0 Å². The molecular weight excluding hydrogens is 296 g/mol. The highest BCUT2D eigenvalue weighted by molar-refractivity contribution is 5.78. The Morgan fingerprint density at radius 2 is 1.75 bits per heavy atom. The molecule has 1 spiro atoms. The van der Waals surface area contributed by atoms with Crippen molar-refractivity contribution in [2.24, 2.45) is 0 Å². The molecule has 2 atom stereocenters. The van der Waals surface area contributed by atoms with Gasteiger partial charge in [-0.05, 0) is 31.2 Å². The van der Waals surface area contributed by atoms with Crippen molar-refractivity contribution >= 4 is 5.91 Å². The third kappa shape index (κ3) is 3.23. The third-order valence-electron chi connectivity index (χ3n) is 6.44. The van der Waals surface area contributed by atoms with Gasteiger partial charge in [-0.25, -0.2) is 0 Å². The summed E-state index contributed by atoms with van der Waals surface area (Å²) in [6.07, 6.45) is 11.9. The molecule has 1 N–H and O–H groups in total. The Morgan fingerprint density at radius 3 is 2.54 bits per heavy atom. The van der Waals surface area contributed by atoms with E-state index >= 15 is 0 Å². The minimum absolute atomic E-state index is 0.0844. The lowest BCUT2D eigenvalue weighted by Crippen LogP contribution is -2.55. The first-order valence-electron chi connectivity index (χ1n) is 9.87. The Balaban J connectivity index is 1.61. The summed E-state index contributed by atoms with van der Waals surface area (Å²) in [5, 5.41) is 4.02. The Bertz CT molecular complexity index is 564. The Kier molecular flexibility index (Phi) is 4.62. The van der Waals surface area contributed by atoms with Crippen LogP contribution in [0.25, 0.3) is 0 Å². The third-order valence-corrected chi connectivity index (χ3v) is 6.44. The van der Waals surface area contributed by atoms with E-state index in [2.05, 4.69) is 40.5 Å². The summed E-state index contributed by atoms with van der Waals surface area (Å²) in [6.45, 7) is 0.776. The van der Waals surface area contributed by atoms with Crippen LogP contribution in [0.15, 0.2) is 30.3 Å². The van der Waals surface area contributed by atoms with Gasteiger partial charge in [-0.15, -0.1) is 0 Å². The zero-order chi connectivity index (χ0) is 16.4. The number of carbonyl (C=O) groups excluding carboxylic acids is 1. The predicted octanol–water partition coefficient (Wildman–Crippen LogP) is 4.02. The van der Waals surface area contributed by atoms with Crippen molar-refractivity contribution in [3.63, 3.8) is 0 Å². The van der Waals surface area contributed by atoms with Crippen LogP contribution < -0.4 is 5.32 Å². The van der Waals surface area contributed by atoms with Gasteiger partial charge in [0, 0.05) is 30.6 Å². The molecule has 3 heteroatoms. The SMILES string of the molecule is O=C1CC2(CCCCC2)N[C@@H]2CCCC[C@H]2N1Cc1ccccc1. The summed E-state index contributed by atoms with van der Waals surface area (Å²) in [5.74, 6) is 0.377. The number of carbonyl (C=O) groups is 1. The molecule has 2 saturated carbocycles. The quantitative estimate of drug-likeness (QED) is 0.890. The fourth-order valence-electron chi connectivity index (χ4n) is 5.21. The molecule has 1 aromatic carbocycles. The molecule has 1 heterocycles. The summed E-state index contributed by atoms with van der Waals surface area (Å²) in [6, 6.07) is 11.4. The average Bonchev–Trinajstić information content (AvgIpc) is 2.72. The van der Waals surface area contributed by atoms with Crippen molar-refractivity contribution < 1.29 is 4.79 Å². The van der Waals surface area contributed by atoms with Gasteiger partial charge >= 0.3 is 0 Å². The number of nitrogens with one attached hydrogen (secondary N) is 1. The second-order valence-corrected chi connectivity index (χ2v) is 8.13. The van der Waals surface area contributed by atoms with Crippen molar-refractivity contribution in [1.82, 2.24) is 10.2 Å². The summed E-state index contributed by atoms with van der Waals surface area (Å²) in [7, 11) is 0. The second kappa shape index (κ2) is 6.87. The monoisotopic (exact) mass is 326 g/mol. The summed E-state index contributed by atoms with van der Waals surface area (Å²) in [5.41, 5.74) is 1.34. The molecule has 1 aliphatic heterocycles. The van der Waals surface area contributed by atoms with Crippen LogP contribution >= 0.6 is 0 Å². The second-order valence-electron chi connectivity index (χ2n) is 8.13. The molecule has 24 heavy (non-hydrogen) atoms. The molecule has 3 fully saturated rings. The normalized spacial score (nSPS) is 30.0. The number of hydrogen-bond acceptors (Lipinski definition) is 2. The first-order valence-corrected chi connectivity index (χ1v) is 9.87. The molecule has 0 radical (unpaired) electrons. The molecule has 4 rings (SSSR count). The van der Waals surface area contributed by atoms with Gasteiger partial charge in [-0.1, -0.05) is 62.4 Å². The van der Waals surface area contributed by atoms with Crippen LogP contribution in [0.2, 0.25) is 0 Å². The summed E-state index contributed by atoms with van der Waals surface area (Å²) in [4.78, 5) is 15.5. The van der Waals surface area contributed by atoms with Crippen LogP contribution in [0, 0.1) is 0 Å². The van der Waals surface area contributed by atoms with Crippen molar-refractivity contribution in [2.45, 2.75) is 88.4 Å². The number of amides is 1. The van der Waals surface area contributed by atoms with Gasteiger partial charge in [0.15, 0.2) is 0 Å². The maximum atomic E-state index is 13.2. The van der Waals surface area contributed by atoms with Crippen LogP contribution in [-0.4, -0.2) is 28.4 Å². The maximum Gasteiger partial charge on any atom is 0.225 e. The standard InChI is InChI=1S/C21H30N2O/c24-20-15-21(13-7-2-8-14-21)22-18-11-5-6-12-19(18)23(20)16-17-9-3-1-4-10-17/h1,3-4,9-10,18-19,22H,2,5-8,11-16H2/t18-,19-/m1/s1.